The molecule has 0 saturated heterocycles. The van der Waals surface area contributed by atoms with Gasteiger partial charge in [-0.05, 0) is 57.2 Å². The van der Waals surface area contributed by atoms with Gasteiger partial charge < -0.3 is 11.1 Å². The maximum Gasteiger partial charge on any atom is 0.258 e. The highest BCUT2D eigenvalue weighted by atomic mass is 35.5. The zero-order chi connectivity index (χ0) is 22.5. The van der Waals surface area contributed by atoms with Gasteiger partial charge in [0.1, 0.15) is 27.8 Å². The Morgan fingerprint density at radius 1 is 1.17 bits per heavy atom. The molecule has 0 saturated carbocycles. The van der Waals surface area contributed by atoms with Crippen LogP contribution in [0.25, 0.3) is 0 Å². The first-order valence-corrected chi connectivity index (χ1v) is 11.0. The molecular weight excluding hydrogens is 436 g/mol. The van der Waals surface area contributed by atoms with Crippen LogP contribution in [0, 0.1) is 11.6 Å². The van der Waals surface area contributed by atoms with Crippen LogP contribution in [0.5, 0.6) is 0 Å². The fourth-order valence-corrected chi connectivity index (χ4v) is 5.10. The quantitative estimate of drug-likeness (QED) is 0.521. The minimum absolute atomic E-state index is 0.00618. The van der Waals surface area contributed by atoms with Crippen molar-refractivity contribution in [2.24, 2.45) is 10.7 Å². The summed E-state index contributed by atoms with van der Waals surface area (Å²) < 4.78 is 48.8. The van der Waals surface area contributed by atoms with Gasteiger partial charge in [-0.15, -0.1) is 0 Å². The summed E-state index contributed by atoms with van der Waals surface area (Å²) in [6.07, 6.45) is 0. The molecule has 1 heterocycles. The highest BCUT2D eigenvalue weighted by Gasteiger charge is 2.49. The van der Waals surface area contributed by atoms with Crippen molar-refractivity contribution in [3.05, 3.63) is 64.2 Å². The molecule has 1 amide bonds. The van der Waals surface area contributed by atoms with Crippen LogP contribution >= 0.6 is 22.2 Å². The Labute approximate surface area is 179 Å². The number of nitrogens with zero attached hydrogens (tertiary/aromatic N) is 1. The molecule has 1 aliphatic rings. The van der Waals surface area contributed by atoms with Crippen LogP contribution in [0.1, 0.15) is 36.7 Å². The first-order valence-electron chi connectivity index (χ1n) is 8.94. The second-order valence-electron chi connectivity index (χ2n) is 7.87. The van der Waals surface area contributed by atoms with E-state index in [0.29, 0.717) is 0 Å². The van der Waals surface area contributed by atoms with Gasteiger partial charge in [0.15, 0.2) is 0 Å². The standard InChI is InChI=1S/C20H22ClF2N3O3S/c1-19(2)18(24)26-20(3,10-30(19,28)29)14-9-12(5-7-15(14)22)25-17(27)13-6-4-11(21)8-16(13)23/h4-9,28-29H,10H2,1-3H3,(H2,24,26)(H,25,27). The number of halogens is 3. The van der Waals surface area contributed by atoms with Crippen molar-refractivity contribution in [2.75, 3.05) is 11.1 Å². The number of carbonyl (C=O) groups is 1. The molecule has 10 heteroatoms. The zero-order valence-corrected chi connectivity index (χ0v) is 18.1. The van der Waals surface area contributed by atoms with Crippen molar-refractivity contribution in [3.63, 3.8) is 0 Å². The van der Waals surface area contributed by atoms with Crippen LogP contribution in [0.2, 0.25) is 5.02 Å². The second kappa shape index (κ2) is 7.49. The molecule has 1 unspecified atom stereocenters. The fraction of sp³-hybridized carbons (Fsp3) is 0.300. The number of hydrogen-bond acceptors (Lipinski definition) is 5. The summed E-state index contributed by atoms with van der Waals surface area (Å²) in [5.41, 5.74) is 4.59. The topological polar surface area (TPSA) is 108 Å². The number of benzene rings is 2. The van der Waals surface area contributed by atoms with E-state index in [9.17, 15) is 22.7 Å². The van der Waals surface area contributed by atoms with Crippen LogP contribution in [-0.2, 0) is 5.54 Å². The summed E-state index contributed by atoms with van der Waals surface area (Å²) in [4.78, 5) is 16.8. The molecule has 0 aliphatic carbocycles. The molecule has 2 aromatic rings. The third-order valence-corrected chi connectivity index (χ3v) is 8.31. The van der Waals surface area contributed by atoms with Gasteiger partial charge in [0.25, 0.3) is 5.91 Å². The van der Waals surface area contributed by atoms with E-state index < -0.39 is 38.4 Å². The van der Waals surface area contributed by atoms with Gasteiger partial charge in [0, 0.05) is 16.3 Å². The molecule has 30 heavy (non-hydrogen) atoms. The van der Waals surface area contributed by atoms with Crippen molar-refractivity contribution in [3.8, 4) is 0 Å². The van der Waals surface area contributed by atoms with E-state index >= 15 is 0 Å². The Morgan fingerprint density at radius 3 is 2.43 bits per heavy atom. The van der Waals surface area contributed by atoms with Gasteiger partial charge in [-0.2, -0.15) is 10.6 Å². The smallest absolute Gasteiger partial charge is 0.258 e. The molecular formula is C20H22ClF2N3O3S. The lowest BCUT2D eigenvalue weighted by atomic mass is 9.92. The summed E-state index contributed by atoms with van der Waals surface area (Å²) in [7, 11) is -3.24. The highest BCUT2D eigenvalue weighted by Crippen LogP contribution is 2.59. The third kappa shape index (κ3) is 3.90. The van der Waals surface area contributed by atoms with Crippen LogP contribution in [-0.4, -0.2) is 31.3 Å². The van der Waals surface area contributed by atoms with E-state index in [1.54, 1.807) is 13.8 Å². The molecule has 0 aromatic heterocycles. The van der Waals surface area contributed by atoms with Gasteiger partial charge in [-0.1, -0.05) is 11.6 Å². The number of amides is 1. The number of rotatable bonds is 3. The normalized spacial score (nSPS) is 23.4. The van der Waals surface area contributed by atoms with E-state index in [4.69, 9.17) is 17.3 Å². The molecule has 0 radical (unpaired) electrons. The Kier molecular flexibility index (Phi) is 5.61. The maximum atomic E-state index is 14.7. The van der Waals surface area contributed by atoms with E-state index in [0.717, 1.165) is 12.1 Å². The minimum Gasteiger partial charge on any atom is -0.386 e. The second-order valence-corrected chi connectivity index (χ2v) is 10.9. The Bertz CT molecular complexity index is 1060. The van der Waals surface area contributed by atoms with E-state index in [-0.39, 0.29) is 33.4 Å². The molecule has 162 valence electrons. The predicted octanol–water partition coefficient (Wildman–Crippen LogP) is 4.99. The number of anilines is 1. The van der Waals surface area contributed by atoms with Crippen LogP contribution in [0.15, 0.2) is 41.4 Å². The predicted molar refractivity (Wildman–Crippen MR) is 117 cm³/mol. The van der Waals surface area contributed by atoms with E-state index in [1.165, 1.54) is 31.2 Å². The summed E-state index contributed by atoms with van der Waals surface area (Å²) in [5.74, 6) is -2.44. The highest BCUT2D eigenvalue weighted by molar-refractivity contribution is 8.26. The van der Waals surface area contributed by atoms with Gasteiger partial charge >= 0.3 is 0 Å². The van der Waals surface area contributed by atoms with Gasteiger partial charge in [-0.25, -0.2) is 8.78 Å². The maximum absolute atomic E-state index is 14.7. The Balaban J connectivity index is 1.98. The first kappa shape index (κ1) is 22.5. The monoisotopic (exact) mass is 457 g/mol. The molecule has 1 aliphatic heterocycles. The molecule has 2 aromatic carbocycles. The van der Waals surface area contributed by atoms with Crippen molar-refractivity contribution < 1.29 is 22.7 Å². The lowest BCUT2D eigenvalue weighted by molar-refractivity contribution is 0.102. The molecule has 5 N–H and O–H groups in total. The molecule has 1 atom stereocenters. The van der Waals surface area contributed by atoms with Crippen LogP contribution < -0.4 is 11.1 Å². The fourth-order valence-electron chi connectivity index (χ4n) is 3.20. The van der Waals surface area contributed by atoms with E-state index in [1.807, 2.05) is 0 Å². The number of nitrogens with two attached hydrogens (primary N) is 1. The molecule has 0 fully saturated rings. The molecule has 6 nitrogen and oxygen atoms in total. The molecule has 0 bridgehead atoms. The lowest BCUT2D eigenvalue weighted by Crippen LogP contribution is -2.52. The first-order chi connectivity index (χ1) is 13.8. The average Bonchev–Trinajstić information content (AvgIpc) is 2.61. The number of carbonyl (C=O) groups excluding carboxylic acids is 1. The van der Waals surface area contributed by atoms with Gasteiger partial charge in [-0.3, -0.25) is 18.9 Å². The summed E-state index contributed by atoms with van der Waals surface area (Å²) in [6.45, 7) is 4.66. The summed E-state index contributed by atoms with van der Waals surface area (Å²) >= 11 is 5.70. The van der Waals surface area contributed by atoms with Crippen molar-refractivity contribution in [1.29, 1.82) is 0 Å². The van der Waals surface area contributed by atoms with Crippen LogP contribution in [0.4, 0.5) is 14.5 Å². The van der Waals surface area contributed by atoms with Crippen molar-refractivity contribution >= 4 is 39.6 Å². The Hall–Kier alpha value is -2.20. The minimum atomic E-state index is -3.24. The van der Waals surface area contributed by atoms with Crippen molar-refractivity contribution in [1.82, 2.24) is 0 Å². The average molecular weight is 458 g/mol. The molecule has 0 spiro atoms. The zero-order valence-electron chi connectivity index (χ0n) is 16.5. The number of nitrogens with one attached hydrogen (secondary N) is 1. The van der Waals surface area contributed by atoms with Gasteiger partial charge in [0.2, 0.25) is 0 Å². The number of amidine groups is 1. The lowest BCUT2D eigenvalue weighted by Gasteiger charge is -2.53. The SMILES string of the molecule is CC1(c2cc(NC(=O)c3ccc(Cl)cc3F)ccc2F)CS(O)(O)C(C)(C)C(N)=N1. The molecule has 3 rings (SSSR count). The summed E-state index contributed by atoms with van der Waals surface area (Å²) in [6, 6.07) is 7.38. The largest absolute Gasteiger partial charge is 0.386 e. The van der Waals surface area contributed by atoms with Crippen molar-refractivity contribution in [2.45, 2.75) is 31.1 Å². The Morgan fingerprint density at radius 2 is 1.83 bits per heavy atom. The summed E-state index contributed by atoms with van der Waals surface area (Å²) in [5, 5.41) is 2.65. The number of aliphatic imine (C=N–C) groups is 1. The number of hydrogen-bond donors (Lipinski definition) is 4. The van der Waals surface area contributed by atoms with E-state index in [2.05, 4.69) is 10.3 Å². The van der Waals surface area contributed by atoms with Crippen LogP contribution in [0.3, 0.4) is 0 Å². The van der Waals surface area contributed by atoms with Gasteiger partial charge in [0.05, 0.1) is 11.3 Å². The third-order valence-electron chi connectivity index (χ3n) is 5.26.